The Morgan fingerprint density at radius 1 is 0.550 bits per heavy atom. The minimum atomic E-state index is -0.408. The van der Waals surface area contributed by atoms with Crippen LogP contribution < -0.4 is 0 Å². The summed E-state index contributed by atoms with van der Waals surface area (Å²) < 4.78 is 0. The summed E-state index contributed by atoms with van der Waals surface area (Å²) in [4.78, 5) is 0. The zero-order valence-corrected chi connectivity index (χ0v) is 15.3. The normalized spacial score (nSPS) is 15.8. The second-order valence-corrected chi connectivity index (χ2v) is 8.25. The highest BCUT2D eigenvalue weighted by Crippen LogP contribution is 2.33. The van der Waals surface area contributed by atoms with Gasteiger partial charge >= 0.3 is 0 Å². The lowest BCUT2D eigenvalue weighted by atomic mass is 9.84. The smallest absolute Gasteiger partial charge is 0.102 e. The maximum Gasteiger partial charge on any atom is 0.102 e. The minimum absolute atomic E-state index is 0.169. The number of azo groups is 2. The first-order valence-corrected chi connectivity index (χ1v) is 7.29. The zero-order chi connectivity index (χ0) is 16.4. The lowest BCUT2D eigenvalue weighted by molar-refractivity contribution is 0.270. The largest absolute Gasteiger partial charge is 0.188 e. The first kappa shape index (κ1) is 19.2. The van der Waals surface area contributed by atoms with Crippen LogP contribution in [0.15, 0.2) is 20.5 Å². The maximum absolute atomic E-state index is 4.57. The third-order valence-electron chi connectivity index (χ3n) is 3.87. The van der Waals surface area contributed by atoms with E-state index in [1.54, 1.807) is 0 Å². The van der Waals surface area contributed by atoms with Crippen LogP contribution in [0.3, 0.4) is 0 Å². The highest BCUT2D eigenvalue weighted by atomic mass is 15.3. The van der Waals surface area contributed by atoms with Gasteiger partial charge in [0, 0.05) is 0 Å². The van der Waals surface area contributed by atoms with Crippen molar-refractivity contribution < 1.29 is 0 Å². The molecule has 0 saturated heterocycles. The first-order valence-electron chi connectivity index (χ1n) is 7.29. The molecule has 0 saturated carbocycles. The fourth-order valence-corrected chi connectivity index (χ4v) is 0.870. The Balaban J connectivity index is 5.22. The fourth-order valence-electron chi connectivity index (χ4n) is 0.870. The molecule has 117 valence electrons. The van der Waals surface area contributed by atoms with Crippen molar-refractivity contribution in [2.24, 2.45) is 20.5 Å². The van der Waals surface area contributed by atoms with Gasteiger partial charge in [-0.05, 0) is 68.2 Å². The Hall–Kier alpha value is -0.800. The van der Waals surface area contributed by atoms with Crippen LogP contribution in [0.5, 0.6) is 0 Å². The Morgan fingerprint density at radius 2 is 0.900 bits per heavy atom. The molecule has 0 bridgehead atoms. The summed E-state index contributed by atoms with van der Waals surface area (Å²) in [6.07, 6.45) is 0. The Kier molecular flexibility index (Phi) is 5.67. The maximum atomic E-state index is 4.57. The van der Waals surface area contributed by atoms with Gasteiger partial charge in [-0.3, -0.25) is 0 Å². The predicted octanol–water partition coefficient (Wildman–Crippen LogP) is 5.64. The average Bonchev–Trinajstić information content (AvgIpc) is 2.23. The summed E-state index contributed by atoms with van der Waals surface area (Å²) in [5.41, 5.74) is -1.22. The molecule has 0 amide bonds. The molecule has 0 fully saturated rings. The minimum Gasteiger partial charge on any atom is -0.188 e. The number of rotatable bonds is 5. The Morgan fingerprint density at radius 3 is 1.20 bits per heavy atom. The predicted molar refractivity (Wildman–Crippen MR) is 86.3 cm³/mol. The molecule has 1 radical (unpaired) electrons. The topological polar surface area (TPSA) is 49.4 Å². The van der Waals surface area contributed by atoms with Crippen LogP contribution in [0, 0.1) is 5.92 Å². The van der Waals surface area contributed by atoms with E-state index in [0.29, 0.717) is 0 Å². The summed E-state index contributed by atoms with van der Waals surface area (Å²) in [7, 11) is 0. The standard InChI is InChI=1S/C16H33N4/c1-12(2)14(6,7)18-20-16(10,11)15(8,9)19-17-13(3,4)5/h1-11H3. The van der Waals surface area contributed by atoms with E-state index in [1.807, 2.05) is 20.8 Å². The second kappa shape index (κ2) is 5.90. The van der Waals surface area contributed by atoms with Crippen LogP contribution in [0.25, 0.3) is 0 Å². The van der Waals surface area contributed by atoms with Gasteiger partial charge < -0.3 is 0 Å². The Bertz CT molecular complexity index is 368. The summed E-state index contributed by atoms with van der Waals surface area (Å²) in [6, 6.07) is 0. The van der Waals surface area contributed by atoms with Crippen molar-refractivity contribution in [1.82, 2.24) is 0 Å². The van der Waals surface area contributed by atoms with Gasteiger partial charge in [-0.2, -0.15) is 20.5 Å². The van der Waals surface area contributed by atoms with Crippen molar-refractivity contribution in [1.29, 1.82) is 0 Å². The van der Waals surface area contributed by atoms with Crippen molar-refractivity contribution >= 4 is 0 Å². The van der Waals surface area contributed by atoms with Gasteiger partial charge in [0.05, 0.1) is 11.1 Å². The molecule has 0 aromatic rings. The molecule has 0 aromatic heterocycles. The van der Waals surface area contributed by atoms with E-state index >= 15 is 0 Å². The fraction of sp³-hybridized carbons (Fsp3) is 0.938. The molecule has 0 aromatic carbocycles. The number of hydrogen-bond donors (Lipinski definition) is 0. The molecule has 0 aliphatic rings. The third kappa shape index (κ3) is 5.68. The van der Waals surface area contributed by atoms with E-state index in [0.717, 1.165) is 0 Å². The molecule has 0 unspecified atom stereocenters. The molecule has 4 nitrogen and oxygen atoms in total. The van der Waals surface area contributed by atoms with E-state index < -0.39 is 11.1 Å². The van der Waals surface area contributed by atoms with Crippen LogP contribution >= 0.6 is 0 Å². The molecule has 0 atom stereocenters. The third-order valence-corrected chi connectivity index (χ3v) is 3.87. The van der Waals surface area contributed by atoms with Gasteiger partial charge in [-0.15, -0.1) is 0 Å². The van der Waals surface area contributed by atoms with E-state index in [-0.39, 0.29) is 11.1 Å². The summed E-state index contributed by atoms with van der Waals surface area (Å²) in [5, 5.41) is 18.0. The van der Waals surface area contributed by atoms with Gasteiger partial charge in [0.15, 0.2) is 0 Å². The molecule has 0 rings (SSSR count). The molecule has 0 heterocycles. The monoisotopic (exact) mass is 281 g/mol. The van der Waals surface area contributed by atoms with Crippen LogP contribution in [0.2, 0.25) is 0 Å². The van der Waals surface area contributed by atoms with Gasteiger partial charge in [-0.1, -0.05) is 13.8 Å². The molecule has 0 aliphatic carbocycles. The Labute approximate surface area is 125 Å². The van der Waals surface area contributed by atoms with Crippen molar-refractivity contribution in [2.45, 2.75) is 98.3 Å². The summed E-state index contributed by atoms with van der Waals surface area (Å²) in [5.74, 6) is 1.24. The number of hydrogen-bond acceptors (Lipinski definition) is 4. The highest BCUT2D eigenvalue weighted by Gasteiger charge is 2.39. The van der Waals surface area contributed by atoms with Crippen molar-refractivity contribution in [3.05, 3.63) is 5.92 Å². The van der Waals surface area contributed by atoms with Gasteiger partial charge in [0.1, 0.15) is 11.1 Å². The quantitative estimate of drug-likeness (QED) is 0.586. The molecule has 0 aliphatic heterocycles. The van der Waals surface area contributed by atoms with E-state index in [2.05, 4.69) is 75.8 Å². The van der Waals surface area contributed by atoms with E-state index in [1.165, 1.54) is 5.92 Å². The van der Waals surface area contributed by atoms with Crippen molar-refractivity contribution in [3.8, 4) is 0 Å². The van der Waals surface area contributed by atoms with Crippen LogP contribution in [0.4, 0.5) is 0 Å². The lowest BCUT2D eigenvalue weighted by Gasteiger charge is -2.34. The zero-order valence-electron chi connectivity index (χ0n) is 15.3. The van der Waals surface area contributed by atoms with Crippen LogP contribution in [-0.2, 0) is 0 Å². The lowest BCUT2D eigenvalue weighted by Crippen LogP contribution is -2.42. The average molecular weight is 281 g/mol. The molecular formula is C16H33N4. The van der Waals surface area contributed by atoms with Crippen molar-refractivity contribution in [3.63, 3.8) is 0 Å². The van der Waals surface area contributed by atoms with Crippen LogP contribution in [-0.4, -0.2) is 22.2 Å². The summed E-state index contributed by atoms with van der Waals surface area (Å²) in [6.45, 7) is 22.6. The van der Waals surface area contributed by atoms with Crippen molar-refractivity contribution in [2.75, 3.05) is 0 Å². The molecule has 0 N–H and O–H groups in total. The van der Waals surface area contributed by atoms with E-state index in [9.17, 15) is 0 Å². The van der Waals surface area contributed by atoms with Crippen LogP contribution in [0.1, 0.15) is 76.2 Å². The van der Waals surface area contributed by atoms with Gasteiger partial charge in [0.2, 0.25) is 0 Å². The van der Waals surface area contributed by atoms with Gasteiger partial charge in [-0.25, -0.2) is 0 Å². The molecule has 0 spiro atoms. The highest BCUT2D eigenvalue weighted by molar-refractivity contribution is 5.04. The summed E-state index contributed by atoms with van der Waals surface area (Å²) >= 11 is 0. The molecular weight excluding hydrogens is 248 g/mol. The first-order chi connectivity index (χ1) is 8.61. The van der Waals surface area contributed by atoms with Gasteiger partial charge in [0.25, 0.3) is 0 Å². The van der Waals surface area contributed by atoms with E-state index in [4.69, 9.17) is 0 Å². The second-order valence-electron chi connectivity index (χ2n) is 8.25. The molecule has 4 heteroatoms. The molecule has 20 heavy (non-hydrogen) atoms. The number of nitrogens with zero attached hydrogens (tertiary/aromatic N) is 4. The SMILES string of the molecule is C[C](C)C(C)(C)N=NC(C)(C)C(C)(C)N=NC(C)(C)C.